The maximum Gasteiger partial charge on any atom is 0.251 e. The Labute approximate surface area is 245 Å². The third-order valence-corrected chi connectivity index (χ3v) is 7.95. The summed E-state index contributed by atoms with van der Waals surface area (Å²) in [4.78, 5) is 21.2. The van der Waals surface area contributed by atoms with Crippen molar-refractivity contribution in [3.8, 4) is 22.8 Å². The fourth-order valence-corrected chi connectivity index (χ4v) is 5.41. The molecule has 0 atom stereocenters. The molecule has 1 aromatic heterocycles. The Morgan fingerprint density at radius 3 is 2.58 bits per heavy atom. The number of nitrogens with one attached hydrogen (secondary N) is 2. The number of aromatic amines is 1. The highest BCUT2D eigenvalue weighted by atomic mass is 35.5. The monoisotopic (exact) mass is 580 g/mol. The molecule has 2 heterocycles. The van der Waals surface area contributed by atoms with Gasteiger partial charge in [0.2, 0.25) is 0 Å². The van der Waals surface area contributed by atoms with Crippen molar-refractivity contribution < 1.29 is 14.3 Å². The number of carbonyl (C=O) groups excluding carboxylic acids is 1. The number of nitrogens with zero attached hydrogens (tertiary/aromatic N) is 2. The number of H-pyrrole nitrogens is 1. The Morgan fingerprint density at radius 2 is 1.80 bits per heavy atom. The third kappa shape index (κ3) is 6.49. The maximum absolute atomic E-state index is 12.9. The number of piperazine rings is 1. The minimum atomic E-state index is -0.106. The number of ether oxygens (including phenoxy) is 2. The summed E-state index contributed by atoms with van der Waals surface area (Å²) in [6.07, 6.45) is 0.890. The van der Waals surface area contributed by atoms with Crippen molar-refractivity contribution in [2.24, 2.45) is 0 Å². The molecule has 0 saturated carbocycles. The lowest BCUT2D eigenvalue weighted by Gasteiger charge is -2.36. The molecule has 0 radical (unpaired) electrons. The number of hydrogen-bond acceptors (Lipinski definition) is 5. The van der Waals surface area contributed by atoms with Gasteiger partial charge in [0.05, 0.1) is 29.5 Å². The molecule has 7 nitrogen and oxygen atoms in total. The number of rotatable bonds is 10. The van der Waals surface area contributed by atoms with Crippen molar-refractivity contribution in [3.63, 3.8) is 0 Å². The molecule has 0 bridgehead atoms. The van der Waals surface area contributed by atoms with Crippen LogP contribution in [0.3, 0.4) is 0 Å². The van der Waals surface area contributed by atoms with Crippen LogP contribution in [0.2, 0.25) is 10.0 Å². The lowest BCUT2D eigenvalue weighted by Crippen LogP contribution is -2.47. The number of benzene rings is 3. The first-order valence-corrected chi connectivity index (χ1v) is 14.4. The van der Waals surface area contributed by atoms with Gasteiger partial charge in [-0.05, 0) is 68.4 Å². The fourth-order valence-electron chi connectivity index (χ4n) is 5.08. The molecule has 5 rings (SSSR count). The molecule has 1 amide bonds. The smallest absolute Gasteiger partial charge is 0.251 e. The van der Waals surface area contributed by atoms with E-state index >= 15 is 0 Å². The van der Waals surface area contributed by atoms with E-state index in [1.807, 2.05) is 49.4 Å². The second-order valence-corrected chi connectivity index (χ2v) is 10.6. The normalized spacial score (nSPS) is 13.9. The molecule has 0 unspecified atom stereocenters. The lowest BCUT2D eigenvalue weighted by atomic mass is 10.1. The van der Waals surface area contributed by atoms with E-state index in [2.05, 4.69) is 32.2 Å². The summed E-state index contributed by atoms with van der Waals surface area (Å²) in [5.74, 6) is 1.42. The Kier molecular flexibility index (Phi) is 9.04. The predicted molar refractivity (Wildman–Crippen MR) is 164 cm³/mol. The Balaban J connectivity index is 1.14. The molecule has 2 N–H and O–H groups in total. The molecular formula is C31H34Cl2N4O3. The largest absolute Gasteiger partial charge is 0.497 e. The van der Waals surface area contributed by atoms with Gasteiger partial charge in [-0.15, -0.1) is 0 Å². The Hall–Kier alpha value is -3.39. The molecule has 40 heavy (non-hydrogen) atoms. The standard InChI is InChI=1S/C31H34Cl2N4O3/c1-3-40-30-18-21(8-9-25(30)29-17-22-16-26(32)27(33)20-28(22)35-29)31(38)34-10-5-11-36-12-14-37(15-13-36)23-6-4-7-24(19-23)39-2/h4,6-9,16-20,35H,3,5,10-15H2,1-2H3,(H,34,38). The number of halogens is 2. The van der Waals surface area contributed by atoms with E-state index in [4.69, 9.17) is 32.7 Å². The zero-order valence-electron chi connectivity index (χ0n) is 22.8. The van der Waals surface area contributed by atoms with Crippen molar-refractivity contribution in [2.45, 2.75) is 13.3 Å². The number of carbonyl (C=O) groups is 1. The van der Waals surface area contributed by atoms with E-state index in [9.17, 15) is 4.79 Å². The molecule has 210 valence electrons. The SMILES string of the molecule is CCOc1cc(C(=O)NCCCN2CCN(c3cccc(OC)c3)CC2)ccc1-c1cc2cc(Cl)c(Cl)cc2[nH]1. The summed E-state index contributed by atoms with van der Waals surface area (Å²) >= 11 is 12.4. The van der Waals surface area contributed by atoms with Crippen LogP contribution in [0.15, 0.2) is 60.7 Å². The van der Waals surface area contributed by atoms with Crippen LogP contribution < -0.4 is 19.7 Å². The minimum absolute atomic E-state index is 0.106. The number of aromatic nitrogens is 1. The van der Waals surface area contributed by atoms with Gasteiger partial charge in [0.1, 0.15) is 11.5 Å². The highest BCUT2D eigenvalue weighted by Crippen LogP contribution is 2.35. The van der Waals surface area contributed by atoms with Crippen LogP contribution in [0, 0.1) is 0 Å². The molecule has 1 aliphatic heterocycles. The molecule has 0 aliphatic carbocycles. The van der Waals surface area contributed by atoms with Crippen LogP contribution >= 0.6 is 23.2 Å². The van der Waals surface area contributed by atoms with Crippen LogP contribution in [0.4, 0.5) is 5.69 Å². The van der Waals surface area contributed by atoms with E-state index in [-0.39, 0.29) is 5.91 Å². The first-order valence-electron chi connectivity index (χ1n) is 13.6. The van der Waals surface area contributed by atoms with E-state index in [1.54, 1.807) is 13.2 Å². The Bertz CT molecular complexity index is 1440. The lowest BCUT2D eigenvalue weighted by molar-refractivity contribution is 0.0951. The van der Waals surface area contributed by atoms with Gasteiger partial charge in [0.25, 0.3) is 5.91 Å². The van der Waals surface area contributed by atoms with Crippen molar-refractivity contribution in [2.75, 3.05) is 57.9 Å². The average Bonchev–Trinajstić information content (AvgIpc) is 3.38. The van der Waals surface area contributed by atoms with Gasteiger partial charge in [0, 0.05) is 66.5 Å². The summed E-state index contributed by atoms with van der Waals surface area (Å²) in [7, 11) is 1.70. The summed E-state index contributed by atoms with van der Waals surface area (Å²) < 4.78 is 11.3. The predicted octanol–water partition coefficient (Wildman–Crippen LogP) is 6.49. The summed E-state index contributed by atoms with van der Waals surface area (Å²) in [5, 5.41) is 5.02. The summed E-state index contributed by atoms with van der Waals surface area (Å²) in [6.45, 7) is 7.92. The molecule has 1 saturated heterocycles. The van der Waals surface area contributed by atoms with Crippen molar-refractivity contribution >= 4 is 45.7 Å². The topological polar surface area (TPSA) is 69.8 Å². The zero-order chi connectivity index (χ0) is 28.1. The molecule has 3 aromatic carbocycles. The molecule has 4 aromatic rings. The molecule has 1 fully saturated rings. The second-order valence-electron chi connectivity index (χ2n) is 9.82. The van der Waals surface area contributed by atoms with E-state index in [0.29, 0.717) is 34.5 Å². The maximum atomic E-state index is 12.9. The van der Waals surface area contributed by atoms with Crippen LogP contribution in [-0.2, 0) is 0 Å². The number of fused-ring (bicyclic) bond motifs is 1. The molecule has 0 spiro atoms. The van der Waals surface area contributed by atoms with Crippen LogP contribution in [0.25, 0.3) is 22.2 Å². The first-order chi connectivity index (χ1) is 19.4. The van der Waals surface area contributed by atoms with Gasteiger partial charge >= 0.3 is 0 Å². The first kappa shape index (κ1) is 28.1. The summed E-state index contributed by atoms with van der Waals surface area (Å²) in [6, 6.07) is 19.4. The van der Waals surface area contributed by atoms with Gasteiger partial charge < -0.3 is 24.7 Å². The Morgan fingerprint density at radius 1 is 1.00 bits per heavy atom. The van der Waals surface area contributed by atoms with Gasteiger partial charge in [-0.2, -0.15) is 0 Å². The van der Waals surface area contributed by atoms with Gasteiger partial charge in [0.15, 0.2) is 0 Å². The molecule has 1 aliphatic rings. The van der Waals surface area contributed by atoms with E-state index < -0.39 is 0 Å². The number of amides is 1. The quantitative estimate of drug-likeness (QED) is 0.210. The van der Waals surface area contributed by atoms with Gasteiger partial charge in [-0.3, -0.25) is 9.69 Å². The van der Waals surface area contributed by atoms with Crippen molar-refractivity contribution in [1.29, 1.82) is 0 Å². The van der Waals surface area contributed by atoms with Crippen molar-refractivity contribution in [1.82, 2.24) is 15.2 Å². The number of anilines is 1. The summed E-state index contributed by atoms with van der Waals surface area (Å²) in [5.41, 5.74) is 4.39. The highest BCUT2D eigenvalue weighted by molar-refractivity contribution is 6.42. The third-order valence-electron chi connectivity index (χ3n) is 7.22. The van der Waals surface area contributed by atoms with Crippen LogP contribution in [-0.4, -0.2) is 68.8 Å². The van der Waals surface area contributed by atoms with Crippen molar-refractivity contribution in [3.05, 3.63) is 76.3 Å². The molecular weight excluding hydrogens is 547 g/mol. The fraction of sp³-hybridized carbons (Fsp3) is 0.323. The zero-order valence-corrected chi connectivity index (χ0v) is 24.3. The highest BCUT2D eigenvalue weighted by Gasteiger charge is 2.18. The van der Waals surface area contributed by atoms with Gasteiger partial charge in [-0.25, -0.2) is 0 Å². The average molecular weight is 582 g/mol. The number of methoxy groups -OCH3 is 1. The second kappa shape index (κ2) is 12.9. The van der Waals surface area contributed by atoms with Crippen LogP contribution in [0.1, 0.15) is 23.7 Å². The van der Waals surface area contributed by atoms with Gasteiger partial charge in [-0.1, -0.05) is 29.3 Å². The molecule has 9 heteroatoms. The van der Waals surface area contributed by atoms with Crippen LogP contribution in [0.5, 0.6) is 11.5 Å². The van der Waals surface area contributed by atoms with E-state index in [1.165, 1.54) is 5.69 Å². The van der Waals surface area contributed by atoms with E-state index in [0.717, 1.165) is 67.1 Å². The minimum Gasteiger partial charge on any atom is -0.497 e. The number of hydrogen-bond donors (Lipinski definition) is 2.